The molecule has 0 aliphatic rings. The molecule has 18 heavy (non-hydrogen) atoms. The van der Waals surface area contributed by atoms with Crippen molar-refractivity contribution in [2.75, 3.05) is 12.1 Å². The third-order valence-corrected chi connectivity index (χ3v) is 2.56. The molecule has 3 heteroatoms. The lowest BCUT2D eigenvalue weighted by Crippen LogP contribution is -2.12. The van der Waals surface area contributed by atoms with Crippen LogP contribution in [-0.4, -0.2) is 19.6 Å². The average Bonchev–Trinajstić information content (AvgIpc) is 2.46. The molecular formula is C15H15N3. The number of anilines is 1. The summed E-state index contributed by atoms with van der Waals surface area (Å²) in [6.07, 6.45) is 0. The average molecular weight is 237 g/mol. The summed E-state index contributed by atoms with van der Waals surface area (Å²) >= 11 is 0. The third kappa shape index (κ3) is 2.83. The van der Waals surface area contributed by atoms with Gasteiger partial charge in [0.15, 0.2) is 5.84 Å². The van der Waals surface area contributed by atoms with Crippen LogP contribution in [0.5, 0.6) is 0 Å². The van der Waals surface area contributed by atoms with Crippen LogP contribution in [0.1, 0.15) is 5.56 Å². The number of hydrazone groups is 1. The number of para-hydroxylation sites is 1. The molecule has 0 saturated heterocycles. The molecule has 0 bridgehead atoms. The van der Waals surface area contributed by atoms with E-state index in [0.29, 0.717) is 5.84 Å². The van der Waals surface area contributed by atoms with E-state index in [0.717, 1.165) is 11.3 Å². The summed E-state index contributed by atoms with van der Waals surface area (Å²) < 4.78 is 0. The molecule has 0 heterocycles. The molecule has 0 atom stereocenters. The molecule has 0 aliphatic carbocycles. The van der Waals surface area contributed by atoms with Crippen molar-refractivity contribution in [2.45, 2.75) is 0 Å². The SMILES string of the molecule is C=N/C(=N\N(C)c1ccccc1)c1ccccc1. The zero-order chi connectivity index (χ0) is 12.8. The quantitative estimate of drug-likeness (QED) is 0.458. The molecule has 0 radical (unpaired) electrons. The van der Waals surface area contributed by atoms with E-state index in [2.05, 4.69) is 16.8 Å². The van der Waals surface area contributed by atoms with Crippen LogP contribution in [0.15, 0.2) is 70.8 Å². The first kappa shape index (κ1) is 12.0. The lowest BCUT2D eigenvalue weighted by Gasteiger charge is -2.13. The van der Waals surface area contributed by atoms with Crippen molar-refractivity contribution >= 4 is 18.2 Å². The number of nitrogens with zero attached hydrogens (tertiary/aromatic N) is 3. The van der Waals surface area contributed by atoms with E-state index in [1.165, 1.54) is 0 Å². The molecule has 0 saturated carbocycles. The molecule has 2 aromatic carbocycles. The molecule has 0 unspecified atom stereocenters. The first-order chi connectivity index (χ1) is 8.81. The van der Waals surface area contributed by atoms with Gasteiger partial charge in [-0.15, -0.1) is 0 Å². The van der Waals surface area contributed by atoms with E-state index in [1.807, 2.05) is 67.7 Å². The highest BCUT2D eigenvalue weighted by Gasteiger charge is 2.03. The summed E-state index contributed by atoms with van der Waals surface area (Å²) in [6, 6.07) is 19.7. The maximum Gasteiger partial charge on any atom is 0.178 e. The standard InChI is InChI=1S/C15H15N3/c1-16-15(13-9-5-3-6-10-13)17-18(2)14-11-7-4-8-12-14/h3-12H,1H2,2H3/b17-15-. The Kier molecular flexibility index (Phi) is 3.86. The summed E-state index contributed by atoms with van der Waals surface area (Å²) in [5, 5.41) is 6.24. The van der Waals surface area contributed by atoms with Gasteiger partial charge in [-0.05, 0) is 18.9 Å². The van der Waals surface area contributed by atoms with Gasteiger partial charge < -0.3 is 0 Å². The fourth-order valence-corrected chi connectivity index (χ4v) is 1.61. The van der Waals surface area contributed by atoms with Gasteiger partial charge in [0.2, 0.25) is 0 Å². The first-order valence-corrected chi connectivity index (χ1v) is 5.71. The topological polar surface area (TPSA) is 28.0 Å². The van der Waals surface area contributed by atoms with Gasteiger partial charge in [-0.25, -0.2) is 4.99 Å². The maximum atomic E-state index is 4.46. The van der Waals surface area contributed by atoms with E-state index < -0.39 is 0 Å². The first-order valence-electron chi connectivity index (χ1n) is 5.71. The summed E-state index contributed by atoms with van der Waals surface area (Å²) in [5.41, 5.74) is 1.96. The molecule has 0 N–H and O–H groups in total. The van der Waals surface area contributed by atoms with E-state index in [4.69, 9.17) is 0 Å². The lowest BCUT2D eigenvalue weighted by atomic mass is 10.2. The van der Waals surface area contributed by atoms with E-state index in [9.17, 15) is 0 Å². The minimum atomic E-state index is 0.613. The van der Waals surface area contributed by atoms with Crippen molar-refractivity contribution in [3.63, 3.8) is 0 Å². The second-order valence-corrected chi connectivity index (χ2v) is 3.81. The molecular weight excluding hydrogens is 222 g/mol. The van der Waals surface area contributed by atoms with Gasteiger partial charge in [0, 0.05) is 12.6 Å². The van der Waals surface area contributed by atoms with Crippen molar-refractivity contribution in [3.8, 4) is 0 Å². The van der Waals surface area contributed by atoms with Gasteiger partial charge in [-0.1, -0.05) is 48.5 Å². The van der Waals surface area contributed by atoms with E-state index in [-0.39, 0.29) is 0 Å². The van der Waals surface area contributed by atoms with Gasteiger partial charge in [-0.3, -0.25) is 5.01 Å². The molecule has 0 amide bonds. The van der Waals surface area contributed by atoms with Crippen molar-refractivity contribution in [1.29, 1.82) is 0 Å². The van der Waals surface area contributed by atoms with Crippen molar-refractivity contribution in [1.82, 2.24) is 0 Å². The van der Waals surface area contributed by atoms with Crippen LogP contribution in [0.4, 0.5) is 5.69 Å². The van der Waals surface area contributed by atoms with Crippen LogP contribution < -0.4 is 5.01 Å². The fourth-order valence-electron chi connectivity index (χ4n) is 1.61. The molecule has 2 rings (SSSR count). The van der Waals surface area contributed by atoms with Crippen LogP contribution in [0.25, 0.3) is 0 Å². The number of aliphatic imine (C=N–C) groups is 1. The van der Waals surface area contributed by atoms with Gasteiger partial charge >= 0.3 is 0 Å². The molecule has 0 aromatic heterocycles. The minimum absolute atomic E-state index is 0.613. The Bertz CT molecular complexity index is 532. The number of hydrogen-bond acceptors (Lipinski definition) is 2. The maximum absolute atomic E-state index is 4.46. The number of amidine groups is 1. The van der Waals surface area contributed by atoms with Gasteiger partial charge in [0.25, 0.3) is 0 Å². The van der Waals surface area contributed by atoms with Crippen molar-refractivity contribution < 1.29 is 0 Å². The predicted molar refractivity (Wildman–Crippen MR) is 77.4 cm³/mol. The van der Waals surface area contributed by atoms with Crippen LogP contribution in [0, 0.1) is 0 Å². The Labute approximate surface area is 107 Å². The molecule has 2 aromatic rings. The second kappa shape index (κ2) is 5.77. The summed E-state index contributed by atoms with van der Waals surface area (Å²) in [7, 11) is 1.89. The zero-order valence-corrected chi connectivity index (χ0v) is 10.3. The van der Waals surface area contributed by atoms with Gasteiger partial charge in [0.1, 0.15) is 0 Å². The van der Waals surface area contributed by atoms with E-state index in [1.54, 1.807) is 5.01 Å². The lowest BCUT2D eigenvalue weighted by molar-refractivity contribution is 1.01. The van der Waals surface area contributed by atoms with Crippen LogP contribution in [-0.2, 0) is 0 Å². The minimum Gasteiger partial charge on any atom is -0.266 e. The summed E-state index contributed by atoms with van der Waals surface area (Å²) in [6.45, 7) is 3.58. The largest absolute Gasteiger partial charge is 0.266 e. The Balaban J connectivity index is 2.28. The summed E-state index contributed by atoms with van der Waals surface area (Å²) in [4.78, 5) is 3.98. The van der Waals surface area contributed by atoms with Crippen LogP contribution >= 0.6 is 0 Å². The molecule has 3 nitrogen and oxygen atoms in total. The Morgan fingerprint density at radius 1 is 0.944 bits per heavy atom. The third-order valence-electron chi connectivity index (χ3n) is 2.56. The summed E-state index contributed by atoms with van der Waals surface area (Å²) in [5.74, 6) is 0.613. The van der Waals surface area contributed by atoms with Crippen molar-refractivity contribution in [2.24, 2.45) is 10.1 Å². The van der Waals surface area contributed by atoms with E-state index >= 15 is 0 Å². The smallest absolute Gasteiger partial charge is 0.178 e. The fraction of sp³-hybridized carbons (Fsp3) is 0.0667. The molecule has 0 aliphatic heterocycles. The second-order valence-electron chi connectivity index (χ2n) is 3.81. The van der Waals surface area contributed by atoms with Gasteiger partial charge in [0.05, 0.1) is 5.69 Å². The Morgan fingerprint density at radius 3 is 2.06 bits per heavy atom. The zero-order valence-electron chi connectivity index (χ0n) is 10.3. The number of benzene rings is 2. The number of hydrogen-bond donors (Lipinski definition) is 0. The van der Waals surface area contributed by atoms with Gasteiger partial charge in [-0.2, -0.15) is 5.10 Å². The number of rotatable bonds is 3. The molecule has 0 spiro atoms. The predicted octanol–water partition coefficient (Wildman–Crippen LogP) is 3.19. The highest BCUT2D eigenvalue weighted by atomic mass is 15.4. The molecule has 90 valence electrons. The molecule has 0 fully saturated rings. The van der Waals surface area contributed by atoms with Crippen LogP contribution in [0.3, 0.4) is 0 Å². The normalized spacial score (nSPS) is 11.1. The Hall–Kier alpha value is -2.42. The monoisotopic (exact) mass is 237 g/mol. The highest BCUT2D eigenvalue weighted by molar-refractivity contribution is 6.01. The highest BCUT2D eigenvalue weighted by Crippen LogP contribution is 2.12. The Morgan fingerprint density at radius 2 is 1.50 bits per heavy atom. The van der Waals surface area contributed by atoms with Crippen molar-refractivity contribution in [3.05, 3.63) is 66.2 Å². The van der Waals surface area contributed by atoms with Crippen LogP contribution in [0.2, 0.25) is 0 Å².